The molecule has 1 unspecified atom stereocenters. The van der Waals surface area contributed by atoms with Gasteiger partial charge in [0.2, 0.25) is 0 Å². The molecule has 2 aromatic rings. The van der Waals surface area contributed by atoms with Gasteiger partial charge in [0.05, 0.1) is 23.4 Å². The Kier molecular flexibility index (Phi) is 3.58. The molecule has 5 heteroatoms. The van der Waals surface area contributed by atoms with E-state index in [0.29, 0.717) is 11.3 Å². The summed E-state index contributed by atoms with van der Waals surface area (Å²) in [5.41, 5.74) is 1.66. The number of hydrogen-bond donors (Lipinski definition) is 1. The van der Waals surface area contributed by atoms with Gasteiger partial charge in [0.15, 0.2) is 0 Å². The molecule has 0 spiro atoms. The molecule has 0 amide bonds. The van der Waals surface area contributed by atoms with Crippen molar-refractivity contribution in [2.45, 2.75) is 19.9 Å². The highest BCUT2D eigenvalue weighted by Crippen LogP contribution is 2.24. The first-order chi connectivity index (χ1) is 8.60. The molecule has 0 saturated heterocycles. The standard InChI is InChI=1S/C13H12FN3S/c1-8-7-18-13(16-8)9(2)17-12-4-3-10(6-15)5-11(12)14/h3-5,7,9,17H,1-2H3. The molecule has 1 heterocycles. The molecule has 18 heavy (non-hydrogen) atoms. The highest BCUT2D eigenvalue weighted by Gasteiger charge is 2.11. The summed E-state index contributed by atoms with van der Waals surface area (Å²) in [6.45, 7) is 3.85. The Balaban J connectivity index is 2.17. The molecular weight excluding hydrogens is 249 g/mol. The fourth-order valence-electron chi connectivity index (χ4n) is 1.57. The number of nitriles is 1. The lowest BCUT2D eigenvalue weighted by Gasteiger charge is -2.13. The maximum absolute atomic E-state index is 13.7. The van der Waals surface area contributed by atoms with Crippen LogP contribution in [0.15, 0.2) is 23.6 Å². The van der Waals surface area contributed by atoms with Gasteiger partial charge in [-0.25, -0.2) is 9.37 Å². The van der Waals surface area contributed by atoms with E-state index >= 15 is 0 Å². The fraction of sp³-hybridized carbons (Fsp3) is 0.231. The minimum absolute atomic E-state index is 0.0638. The van der Waals surface area contributed by atoms with Crippen LogP contribution in [-0.2, 0) is 0 Å². The smallest absolute Gasteiger partial charge is 0.147 e. The van der Waals surface area contributed by atoms with Gasteiger partial charge in [0.25, 0.3) is 0 Å². The number of thiazole rings is 1. The molecule has 1 aromatic heterocycles. The van der Waals surface area contributed by atoms with E-state index in [1.54, 1.807) is 23.5 Å². The number of halogens is 1. The Morgan fingerprint density at radius 3 is 2.83 bits per heavy atom. The maximum Gasteiger partial charge on any atom is 0.147 e. The molecule has 0 aliphatic heterocycles. The highest BCUT2D eigenvalue weighted by molar-refractivity contribution is 7.09. The van der Waals surface area contributed by atoms with Crippen molar-refractivity contribution in [3.05, 3.63) is 45.7 Å². The van der Waals surface area contributed by atoms with Crippen LogP contribution in [0.25, 0.3) is 0 Å². The second kappa shape index (κ2) is 5.15. The summed E-state index contributed by atoms with van der Waals surface area (Å²) in [6, 6.07) is 6.23. The molecule has 0 radical (unpaired) electrons. The van der Waals surface area contributed by atoms with Crippen molar-refractivity contribution in [2.75, 3.05) is 5.32 Å². The molecule has 3 nitrogen and oxygen atoms in total. The Bertz CT molecular complexity index is 601. The predicted octanol–water partition coefficient (Wildman–Crippen LogP) is 3.64. The number of nitrogens with zero attached hydrogens (tertiary/aromatic N) is 2. The van der Waals surface area contributed by atoms with Crippen LogP contribution in [0.1, 0.15) is 29.2 Å². The second-order valence-electron chi connectivity index (χ2n) is 4.00. The van der Waals surface area contributed by atoms with Crippen LogP contribution in [0.4, 0.5) is 10.1 Å². The molecule has 0 aliphatic rings. The maximum atomic E-state index is 13.7. The molecule has 1 atom stereocenters. The number of aryl methyl sites for hydroxylation is 1. The van der Waals surface area contributed by atoms with Gasteiger partial charge in [0.1, 0.15) is 10.8 Å². The average molecular weight is 261 g/mol. The van der Waals surface area contributed by atoms with E-state index < -0.39 is 5.82 Å². The first kappa shape index (κ1) is 12.5. The molecule has 2 rings (SSSR count). The zero-order chi connectivity index (χ0) is 13.1. The Morgan fingerprint density at radius 2 is 2.28 bits per heavy atom. The van der Waals surface area contributed by atoms with Crippen molar-refractivity contribution in [3.8, 4) is 6.07 Å². The molecular formula is C13H12FN3S. The number of nitrogens with one attached hydrogen (secondary N) is 1. The van der Waals surface area contributed by atoms with Crippen LogP contribution in [-0.4, -0.2) is 4.98 Å². The Morgan fingerprint density at radius 1 is 1.50 bits per heavy atom. The highest BCUT2D eigenvalue weighted by atomic mass is 32.1. The number of hydrogen-bond acceptors (Lipinski definition) is 4. The largest absolute Gasteiger partial charge is 0.374 e. The van der Waals surface area contributed by atoms with E-state index in [1.807, 2.05) is 25.3 Å². The zero-order valence-electron chi connectivity index (χ0n) is 10.1. The van der Waals surface area contributed by atoms with E-state index in [1.165, 1.54) is 6.07 Å². The van der Waals surface area contributed by atoms with Crippen LogP contribution in [0.5, 0.6) is 0 Å². The quantitative estimate of drug-likeness (QED) is 0.917. The average Bonchev–Trinajstić information content (AvgIpc) is 2.78. The first-order valence-corrected chi connectivity index (χ1v) is 6.36. The van der Waals surface area contributed by atoms with Crippen LogP contribution in [0, 0.1) is 24.1 Å². The van der Waals surface area contributed by atoms with Gasteiger partial charge in [-0.05, 0) is 32.0 Å². The molecule has 0 saturated carbocycles. The van der Waals surface area contributed by atoms with Crippen LogP contribution in [0.3, 0.4) is 0 Å². The molecule has 1 aromatic carbocycles. The number of rotatable bonds is 3. The third-order valence-electron chi connectivity index (χ3n) is 2.48. The molecule has 0 aliphatic carbocycles. The lowest BCUT2D eigenvalue weighted by molar-refractivity contribution is 0.627. The second-order valence-corrected chi connectivity index (χ2v) is 4.89. The van der Waals surface area contributed by atoms with Crippen molar-refractivity contribution >= 4 is 17.0 Å². The molecule has 0 fully saturated rings. The van der Waals surface area contributed by atoms with Gasteiger partial charge in [-0.3, -0.25) is 0 Å². The van der Waals surface area contributed by atoms with Gasteiger partial charge in [-0.2, -0.15) is 5.26 Å². The van der Waals surface area contributed by atoms with Gasteiger partial charge >= 0.3 is 0 Å². The number of aromatic nitrogens is 1. The van der Waals surface area contributed by atoms with Crippen molar-refractivity contribution < 1.29 is 4.39 Å². The Labute approximate surface area is 109 Å². The van der Waals surface area contributed by atoms with Gasteiger partial charge < -0.3 is 5.32 Å². The van der Waals surface area contributed by atoms with Crippen molar-refractivity contribution in [1.29, 1.82) is 5.26 Å². The summed E-state index contributed by atoms with van der Waals surface area (Å²) in [5, 5.41) is 14.6. The summed E-state index contributed by atoms with van der Waals surface area (Å²) in [6.07, 6.45) is 0. The monoisotopic (exact) mass is 261 g/mol. The fourth-order valence-corrected chi connectivity index (χ4v) is 2.37. The predicted molar refractivity (Wildman–Crippen MR) is 70.0 cm³/mol. The first-order valence-electron chi connectivity index (χ1n) is 5.48. The topological polar surface area (TPSA) is 48.7 Å². The van der Waals surface area contributed by atoms with E-state index in [0.717, 1.165) is 10.7 Å². The minimum atomic E-state index is -0.422. The summed E-state index contributed by atoms with van der Waals surface area (Å²) in [5.74, 6) is -0.422. The molecule has 0 bridgehead atoms. The lowest BCUT2D eigenvalue weighted by atomic mass is 10.2. The van der Waals surface area contributed by atoms with Gasteiger partial charge in [-0.1, -0.05) is 0 Å². The van der Waals surface area contributed by atoms with E-state index in [2.05, 4.69) is 10.3 Å². The summed E-state index contributed by atoms with van der Waals surface area (Å²) in [7, 11) is 0. The lowest BCUT2D eigenvalue weighted by Crippen LogP contribution is -2.07. The SMILES string of the molecule is Cc1csc(C(C)Nc2ccc(C#N)cc2F)n1. The number of anilines is 1. The van der Waals surface area contributed by atoms with Gasteiger partial charge in [0, 0.05) is 11.1 Å². The van der Waals surface area contributed by atoms with E-state index in [4.69, 9.17) is 5.26 Å². The van der Waals surface area contributed by atoms with Crippen molar-refractivity contribution in [1.82, 2.24) is 4.98 Å². The van der Waals surface area contributed by atoms with Crippen LogP contribution < -0.4 is 5.32 Å². The number of benzene rings is 1. The van der Waals surface area contributed by atoms with Crippen molar-refractivity contribution in [3.63, 3.8) is 0 Å². The van der Waals surface area contributed by atoms with Crippen LogP contribution >= 0.6 is 11.3 Å². The summed E-state index contributed by atoms with van der Waals surface area (Å²) in [4.78, 5) is 4.35. The van der Waals surface area contributed by atoms with Crippen molar-refractivity contribution in [2.24, 2.45) is 0 Å². The summed E-state index contributed by atoms with van der Waals surface area (Å²) < 4.78 is 13.7. The van der Waals surface area contributed by atoms with E-state index in [-0.39, 0.29) is 6.04 Å². The molecule has 92 valence electrons. The third-order valence-corrected chi connectivity index (χ3v) is 3.62. The van der Waals surface area contributed by atoms with E-state index in [9.17, 15) is 4.39 Å². The molecule has 1 N–H and O–H groups in total. The minimum Gasteiger partial charge on any atom is -0.374 e. The Hall–Kier alpha value is -1.93. The summed E-state index contributed by atoms with van der Waals surface area (Å²) >= 11 is 1.54. The van der Waals surface area contributed by atoms with Crippen LogP contribution in [0.2, 0.25) is 0 Å². The third kappa shape index (κ3) is 2.66. The van der Waals surface area contributed by atoms with Gasteiger partial charge in [-0.15, -0.1) is 11.3 Å². The normalized spacial score (nSPS) is 11.9. The zero-order valence-corrected chi connectivity index (χ0v) is 10.9.